The van der Waals surface area contributed by atoms with Gasteiger partial charge >= 0.3 is 0 Å². The van der Waals surface area contributed by atoms with Crippen LogP contribution in [-0.2, 0) is 20.4 Å². The summed E-state index contributed by atoms with van der Waals surface area (Å²) in [4.78, 5) is 18.2. The van der Waals surface area contributed by atoms with E-state index < -0.39 is 9.84 Å². The molecule has 3 aromatic rings. The molecule has 0 atom stereocenters. The summed E-state index contributed by atoms with van der Waals surface area (Å²) < 4.78 is 26.4. The van der Waals surface area contributed by atoms with Crippen LogP contribution in [0.3, 0.4) is 0 Å². The molecule has 0 N–H and O–H groups in total. The van der Waals surface area contributed by atoms with Gasteiger partial charge in [0.05, 0.1) is 15.1 Å². The summed E-state index contributed by atoms with van der Waals surface area (Å²) in [5.74, 6) is -0.0294. The van der Waals surface area contributed by atoms with Gasteiger partial charge in [0.2, 0.25) is 5.91 Å². The van der Waals surface area contributed by atoms with E-state index >= 15 is 0 Å². The second kappa shape index (κ2) is 6.48. The average molecular weight is 386 g/mol. The summed E-state index contributed by atoms with van der Waals surface area (Å²) in [5, 5.41) is 0.587. The number of aryl methyl sites for hydroxylation is 1. The van der Waals surface area contributed by atoms with Gasteiger partial charge in [0, 0.05) is 18.7 Å². The van der Waals surface area contributed by atoms with Crippen LogP contribution in [-0.4, -0.2) is 25.9 Å². The molecule has 1 aliphatic rings. The number of hydrogen-bond acceptors (Lipinski definition) is 5. The molecular weight excluding hydrogens is 368 g/mol. The second-order valence-electron chi connectivity index (χ2n) is 6.48. The third kappa shape index (κ3) is 3.24. The van der Waals surface area contributed by atoms with Crippen molar-refractivity contribution in [1.82, 2.24) is 4.98 Å². The highest BCUT2D eigenvalue weighted by atomic mass is 32.2. The number of thiazole rings is 1. The molecule has 0 saturated carbocycles. The summed E-state index contributed by atoms with van der Waals surface area (Å²) in [7, 11) is -3.48. The number of rotatable bonds is 4. The maximum Gasteiger partial charge on any atom is 0.227 e. The smallest absolute Gasteiger partial charge is 0.227 e. The molecule has 1 fully saturated rings. The molecule has 1 aromatic heterocycles. The van der Waals surface area contributed by atoms with Crippen LogP contribution in [0, 0.1) is 6.92 Å². The number of carbonyl (C=O) groups excluding carboxylic acids is 1. The van der Waals surface area contributed by atoms with E-state index in [0.717, 1.165) is 27.9 Å². The number of anilines is 1. The molecule has 1 aliphatic heterocycles. The lowest BCUT2D eigenvalue weighted by molar-refractivity contribution is -0.117. The highest BCUT2D eigenvalue weighted by Gasteiger charge is 2.23. The number of benzene rings is 2. The first-order valence-electron chi connectivity index (χ1n) is 8.42. The summed E-state index contributed by atoms with van der Waals surface area (Å²) >= 11 is 1.41. The van der Waals surface area contributed by atoms with Crippen molar-refractivity contribution >= 4 is 43.0 Å². The molecule has 0 unspecified atom stereocenters. The molecule has 26 heavy (non-hydrogen) atoms. The first-order valence-corrected chi connectivity index (χ1v) is 10.9. The van der Waals surface area contributed by atoms with Crippen molar-refractivity contribution in [2.24, 2.45) is 0 Å². The summed E-state index contributed by atoms with van der Waals surface area (Å²) in [6.45, 7) is 2.68. The summed E-state index contributed by atoms with van der Waals surface area (Å²) in [5.41, 5.74) is 2.69. The number of hydrogen-bond donors (Lipinski definition) is 0. The van der Waals surface area contributed by atoms with Gasteiger partial charge in [-0.2, -0.15) is 0 Å². The molecule has 7 heteroatoms. The molecule has 0 bridgehead atoms. The Labute approximate surface area is 156 Å². The van der Waals surface area contributed by atoms with Crippen LogP contribution in [0.5, 0.6) is 0 Å². The lowest BCUT2D eigenvalue weighted by Crippen LogP contribution is -2.23. The minimum Gasteiger partial charge on any atom is -0.312 e. The Hall–Kier alpha value is -2.25. The number of fused-ring (bicyclic) bond motifs is 1. The van der Waals surface area contributed by atoms with E-state index in [-0.39, 0.29) is 16.6 Å². The second-order valence-corrected chi connectivity index (χ2v) is 9.59. The summed E-state index contributed by atoms with van der Waals surface area (Å²) in [6.07, 6.45) is 1.40. The van der Waals surface area contributed by atoms with Crippen molar-refractivity contribution in [2.45, 2.75) is 30.4 Å². The molecular formula is C19H18N2O3S2. The Balaban J connectivity index is 1.58. The quantitative estimate of drug-likeness (QED) is 0.686. The molecule has 0 spiro atoms. The van der Waals surface area contributed by atoms with E-state index in [9.17, 15) is 13.2 Å². The van der Waals surface area contributed by atoms with Gasteiger partial charge in [0.25, 0.3) is 0 Å². The zero-order valence-corrected chi connectivity index (χ0v) is 15.9. The van der Waals surface area contributed by atoms with Gasteiger partial charge in [0.1, 0.15) is 10.8 Å². The van der Waals surface area contributed by atoms with Crippen LogP contribution in [0.25, 0.3) is 10.2 Å². The van der Waals surface area contributed by atoms with Crippen LogP contribution in [0.15, 0.2) is 47.4 Å². The number of aromatic nitrogens is 1. The highest BCUT2D eigenvalue weighted by Crippen LogP contribution is 2.28. The molecule has 1 amide bonds. The molecule has 4 rings (SSSR count). The maximum atomic E-state index is 12.7. The summed E-state index contributed by atoms with van der Waals surface area (Å²) in [6, 6.07) is 12.5. The van der Waals surface area contributed by atoms with E-state index in [2.05, 4.69) is 4.98 Å². The Kier molecular flexibility index (Phi) is 4.28. The van der Waals surface area contributed by atoms with Crippen LogP contribution < -0.4 is 4.90 Å². The lowest BCUT2D eigenvalue weighted by atomic mass is 10.2. The van der Waals surface area contributed by atoms with E-state index in [0.29, 0.717) is 18.0 Å². The first-order chi connectivity index (χ1) is 12.4. The van der Waals surface area contributed by atoms with E-state index in [1.54, 1.807) is 29.2 Å². The molecule has 0 aliphatic carbocycles. The van der Waals surface area contributed by atoms with Crippen LogP contribution in [0.4, 0.5) is 5.69 Å². The van der Waals surface area contributed by atoms with Crippen molar-refractivity contribution in [3.8, 4) is 0 Å². The largest absolute Gasteiger partial charge is 0.312 e. The van der Waals surface area contributed by atoms with Crippen LogP contribution in [0.2, 0.25) is 0 Å². The number of nitrogens with zero attached hydrogens (tertiary/aromatic N) is 2. The van der Waals surface area contributed by atoms with Crippen molar-refractivity contribution in [3.63, 3.8) is 0 Å². The maximum absolute atomic E-state index is 12.7. The van der Waals surface area contributed by atoms with Crippen molar-refractivity contribution in [1.29, 1.82) is 0 Å². The lowest BCUT2D eigenvalue weighted by Gasteiger charge is -2.15. The monoisotopic (exact) mass is 386 g/mol. The Morgan fingerprint density at radius 3 is 2.62 bits per heavy atom. The Morgan fingerprint density at radius 2 is 1.92 bits per heavy atom. The number of carbonyl (C=O) groups is 1. The first kappa shape index (κ1) is 17.2. The normalized spacial score (nSPS) is 15.1. The van der Waals surface area contributed by atoms with Gasteiger partial charge in [-0.3, -0.25) is 4.79 Å². The molecule has 0 radical (unpaired) electrons. The van der Waals surface area contributed by atoms with E-state index in [1.807, 2.05) is 25.1 Å². The predicted octanol–water partition coefficient (Wildman–Crippen LogP) is 3.71. The number of amides is 1. The molecule has 2 aromatic carbocycles. The van der Waals surface area contributed by atoms with Gasteiger partial charge in [-0.25, -0.2) is 13.4 Å². The zero-order chi connectivity index (χ0) is 18.3. The van der Waals surface area contributed by atoms with Crippen molar-refractivity contribution in [2.75, 3.05) is 11.4 Å². The minimum atomic E-state index is -3.48. The Bertz CT molecular complexity index is 1090. The number of sulfone groups is 1. The fourth-order valence-corrected chi connectivity index (χ4v) is 5.70. The standard InChI is InChI=1S/C19H18N2O3S2/c1-13-4-9-17-16(11-13)20-18(25-17)12-26(23,24)15-7-5-14(6-8-15)21-10-2-3-19(21)22/h4-9,11H,2-3,10,12H2,1H3. The van der Waals surface area contributed by atoms with Crippen LogP contribution >= 0.6 is 11.3 Å². The van der Waals surface area contributed by atoms with Gasteiger partial charge < -0.3 is 4.90 Å². The Morgan fingerprint density at radius 1 is 1.15 bits per heavy atom. The topological polar surface area (TPSA) is 67.3 Å². The fraction of sp³-hybridized carbons (Fsp3) is 0.263. The van der Waals surface area contributed by atoms with E-state index in [1.165, 1.54) is 11.3 Å². The van der Waals surface area contributed by atoms with Gasteiger partial charge in [-0.05, 0) is 55.3 Å². The zero-order valence-electron chi connectivity index (χ0n) is 14.3. The van der Waals surface area contributed by atoms with E-state index in [4.69, 9.17) is 0 Å². The third-order valence-electron chi connectivity index (χ3n) is 4.48. The molecule has 134 valence electrons. The molecule has 1 saturated heterocycles. The van der Waals surface area contributed by atoms with Gasteiger partial charge in [-0.1, -0.05) is 6.07 Å². The average Bonchev–Trinajstić information content (AvgIpc) is 3.19. The molecule has 2 heterocycles. The third-order valence-corrected chi connectivity index (χ3v) is 7.34. The minimum absolute atomic E-state index is 0.0883. The fourth-order valence-electron chi connectivity index (χ4n) is 3.15. The van der Waals surface area contributed by atoms with Gasteiger partial charge in [-0.15, -0.1) is 11.3 Å². The molecule has 5 nitrogen and oxygen atoms in total. The van der Waals surface area contributed by atoms with Gasteiger partial charge in [0.15, 0.2) is 9.84 Å². The highest BCUT2D eigenvalue weighted by molar-refractivity contribution is 7.90. The SMILES string of the molecule is Cc1ccc2sc(CS(=O)(=O)c3ccc(N4CCCC4=O)cc3)nc2c1. The van der Waals surface area contributed by atoms with Crippen molar-refractivity contribution < 1.29 is 13.2 Å². The van der Waals surface area contributed by atoms with Crippen molar-refractivity contribution in [3.05, 3.63) is 53.0 Å². The predicted molar refractivity (Wildman–Crippen MR) is 103 cm³/mol. The van der Waals surface area contributed by atoms with Crippen LogP contribution in [0.1, 0.15) is 23.4 Å².